The van der Waals surface area contributed by atoms with Gasteiger partial charge in [-0.2, -0.15) is 0 Å². The molecule has 1 fully saturated rings. The van der Waals surface area contributed by atoms with Crippen LogP contribution in [0.4, 0.5) is 11.4 Å². The molecule has 30 heavy (non-hydrogen) atoms. The molecule has 1 N–H and O–H groups in total. The fourth-order valence-electron chi connectivity index (χ4n) is 3.20. The molecule has 1 amide bonds. The summed E-state index contributed by atoms with van der Waals surface area (Å²) in [6, 6.07) is 16.5. The van der Waals surface area contributed by atoms with Crippen LogP contribution in [0.15, 0.2) is 65.1 Å². The highest BCUT2D eigenvalue weighted by molar-refractivity contribution is 6.33. The second-order valence-electron chi connectivity index (χ2n) is 6.80. The quantitative estimate of drug-likeness (QED) is 0.511. The number of amides is 1. The Kier molecular flexibility index (Phi) is 6.43. The predicted octanol–water partition coefficient (Wildman–Crippen LogP) is 5.74. The number of carbonyl (C=O) groups excluding carboxylic acids is 1. The first kappa shape index (κ1) is 20.5. The first-order valence-corrected chi connectivity index (χ1v) is 10.3. The van der Waals surface area contributed by atoms with E-state index in [0.717, 1.165) is 24.3 Å². The summed E-state index contributed by atoms with van der Waals surface area (Å²) in [5.41, 5.74) is 2.49. The van der Waals surface area contributed by atoms with Crippen LogP contribution in [-0.2, 0) is 9.53 Å². The summed E-state index contributed by atoms with van der Waals surface area (Å²) in [4.78, 5) is 14.4. The minimum atomic E-state index is -0.269. The number of nitrogens with zero attached hydrogens (tertiary/aromatic N) is 1. The van der Waals surface area contributed by atoms with Gasteiger partial charge in [-0.3, -0.25) is 4.79 Å². The van der Waals surface area contributed by atoms with Crippen LogP contribution in [0, 0.1) is 0 Å². The standard InChI is InChI=1S/C23H20Cl2N2O3/c24-17-3-1-16(2-4-17)22-9-6-19(30-22)7-10-23(28)26-18-5-8-21(20(25)15-18)27-11-13-29-14-12-27/h1-10,15H,11-14H2,(H,26,28). The van der Waals surface area contributed by atoms with Crippen LogP contribution in [0.1, 0.15) is 5.76 Å². The van der Waals surface area contributed by atoms with Crippen LogP contribution in [0.2, 0.25) is 10.0 Å². The van der Waals surface area contributed by atoms with Crippen LogP contribution < -0.4 is 10.2 Å². The highest BCUT2D eigenvalue weighted by Crippen LogP contribution is 2.29. The zero-order valence-electron chi connectivity index (χ0n) is 16.1. The zero-order valence-corrected chi connectivity index (χ0v) is 17.6. The summed E-state index contributed by atoms with van der Waals surface area (Å²) in [6.45, 7) is 2.98. The molecular weight excluding hydrogens is 423 g/mol. The first-order valence-electron chi connectivity index (χ1n) is 9.55. The van der Waals surface area contributed by atoms with E-state index in [1.54, 1.807) is 24.3 Å². The molecular formula is C23H20Cl2N2O3. The Hall–Kier alpha value is -2.73. The van der Waals surface area contributed by atoms with Crippen molar-refractivity contribution in [3.8, 4) is 11.3 Å². The van der Waals surface area contributed by atoms with Gasteiger partial charge in [0.25, 0.3) is 0 Å². The maximum atomic E-state index is 12.3. The number of anilines is 2. The van der Waals surface area contributed by atoms with Gasteiger partial charge in [-0.15, -0.1) is 0 Å². The summed E-state index contributed by atoms with van der Waals surface area (Å²) in [5.74, 6) is 1.02. The van der Waals surface area contributed by atoms with Gasteiger partial charge in [0, 0.05) is 35.4 Å². The van der Waals surface area contributed by atoms with Crippen molar-refractivity contribution in [3.05, 3.63) is 76.5 Å². The molecule has 1 aromatic heterocycles. The molecule has 4 rings (SSSR count). The summed E-state index contributed by atoms with van der Waals surface area (Å²) >= 11 is 12.3. The Balaban J connectivity index is 1.38. The molecule has 0 spiro atoms. The predicted molar refractivity (Wildman–Crippen MR) is 121 cm³/mol. The molecule has 2 heterocycles. The summed E-state index contributed by atoms with van der Waals surface area (Å²) in [7, 11) is 0. The average Bonchev–Trinajstić information content (AvgIpc) is 3.23. The maximum Gasteiger partial charge on any atom is 0.248 e. The zero-order chi connectivity index (χ0) is 20.9. The van der Waals surface area contributed by atoms with Crippen molar-refractivity contribution in [1.29, 1.82) is 0 Å². The molecule has 0 aliphatic carbocycles. The lowest BCUT2D eigenvalue weighted by atomic mass is 10.2. The Morgan fingerprint density at radius 3 is 2.50 bits per heavy atom. The Labute approximate surface area is 184 Å². The van der Waals surface area contributed by atoms with Gasteiger partial charge in [0.1, 0.15) is 11.5 Å². The van der Waals surface area contributed by atoms with E-state index < -0.39 is 0 Å². The van der Waals surface area contributed by atoms with Crippen molar-refractivity contribution >= 4 is 46.6 Å². The molecule has 0 saturated carbocycles. The lowest BCUT2D eigenvalue weighted by Gasteiger charge is -2.29. The van der Waals surface area contributed by atoms with Crippen molar-refractivity contribution < 1.29 is 13.9 Å². The Morgan fingerprint density at radius 1 is 1.00 bits per heavy atom. The molecule has 0 atom stereocenters. The van der Waals surface area contributed by atoms with Gasteiger partial charge < -0.3 is 19.4 Å². The van der Waals surface area contributed by atoms with Gasteiger partial charge >= 0.3 is 0 Å². The topological polar surface area (TPSA) is 54.7 Å². The van der Waals surface area contributed by atoms with Crippen molar-refractivity contribution in [2.45, 2.75) is 0 Å². The fraction of sp³-hybridized carbons (Fsp3) is 0.174. The lowest BCUT2D eigenvalue weighted by molar-refractivity contribution is -0.111. The molecule has 1 aliphatic rings. The van der Waals surface area contributed by atoms with Crippen molar-refractivity contribution in [2.24, 2.45) is 0 Å². The highest BCUT2D eigenvalue weighted by atomic mass is 35.5. The summed E-state index contributed by atoms with van der Waals surface area (Å²) in [5, 5.41) is 4.08. The third kappa shape index (κ3) is 5.05. The van der Waals surface area contributed by atoms with Gasteiger partial charge in [0.05, 0.1) is 23.9 Å². The minimum absolute atomic E-state index is 0.269. The number of benzene rings is 2. The van der Waals surface area contributed by atoms with E-state index in [9.17, 15) is 4.79 Å². The molecule has 154 valence electrons. The van der Waals surface area contributed by atoms with E-state index in [4.69, 9.17) is 32.4 Å². The molecule has 7 heteroatoms. The number of rotatable bonds is 5. The van der Waals surface area contributed by atoms with Gasteiger partial charge in [-0.1, -0.05) is 23.2 Å². The van der Waals surface area contributed by atoms with E-state index in [2.05, 4.69) is 10.2 Å². The third-order valence-electron chi connectivity index (χ3n) is 4.72. The fourth-order valence-corrected chi connectivity index (χ4v) is 3.62. The molecule has 2 aromatic carbocycles. The Morgan fingerprint density at radius 2 is 1.77 bits per heavy atom. The molecule has 1 aliphatic heterocycles. The molecule has 0 unspecified atom stereocenters. The number of furan rings is 1. The molecule has 3 aromatic rings. The number of hydrogen-bond donors (Lipinski definition) is 1. The number of carbonyl (C=O) groups is 1. The van der Waals surface area contributed by atoms with E-state index in [-0.39, 0.29) is 5.91 Å². The van der Waals surface area contributed by atoms with E-state index in [0.29, 0.717) is 40.5 Å². The molecule has 0 radical (unpaired) electrons. The van der Waals surface area contributed by atoms with Crippen LogP contribution >= 0.6 is 23.2 Å². The average molecular weight is 443 g/mol. The van der Waals surface area contributed by atoms with Crippen LogP contribution in [0.3, 0.4) is 0 Å². The molecule has 1 saturated heterocycles. The van der Waals surface area contributed by atoms with Crippen LogP contribution in [-0.4, -0.2) is 32.2 Å². The van der Waals surface area contributed by atoms with Gasteiger partial charge in [-0.25, -0.2) is 0 Å². The van der Waals surface area contributed by atoms with E-state index in [1.807, 2.05) is 36.4 Å². The number of morpholine rings is 1. The van der Waals surface area contributed by atoms with E-state index >= 15 is 0 Å². The van der Waals surface area contributed by atoms with E-state index in [1.165, 1.54) is 6.08 Å². The SMILES string of the molecule is O=C(C=Cc1ccc(-c2ccc(Cl)cc2)o1)Nc1ccc(N2CCOCC2)c(Cl)c1. The van der Waals surface area contributed by atoms with Crippen LogP contribution in [0.5, 0.6) is 0 Å². The minimum Gasteiger partial charge on any atom is -0.457 e. The second kappa shape index (κ2) is 9.39. The maximum absolute atomic E-state index is 12.3. The number of ether oxygens (including phenoxy) is 1. The van der Waals surface area contributed by atoms with Gasteiger partial charge in [0.2, 0.25) is 5.91 Å². The smallest absolute Gasteiger partial charge is 0.248 e. The second-order valence-corrected chi connectivity index (χ2v) is 7.64. The molecule has 0 bridgehead atoms. The van der Waals surface area contributed by atoms with Gasteiger partial charge in [-0.05, 0) is 60.7 Å². The molecule has 5 nitrogen and oxygen atoms in total. The highest BCUT2D eigenvalue weighted by Gasteiger charge is 2.14. The normalized spacial score (nSPS) is 14.3. The van der Waals surface area contributed by atoms with Crippen molar-refractivity contribution in [1.82, 2.24) is 0 Å². The summed E-state index contributed by atoms with van der Waals surface area (Å²) < 4.78 is 11.1. The number of nitrogens with one attached hydrogen (secondary N) is 1. The lowest BCUT2D eigenvalue weighted by Crippen LogP contribution is -2.36. The van der Waals surface area contributed by atoms with Crippen LogP contribution in [0.25, 0.3) is 17.4 Å². The van der Waals surface area contributed by atoms with Crippen molar-refractivity contribution in [3.63, 3.8) is 0 Å². The van der Waals surface area contributed by atoms with Gasteiger partial charge in [0.15, 0.2) is 0 Å². The monoisotopic (exact) mass is 442 g/mol. The summed E-state index contributed by atoms with van der Waals surface area (Å²) in [6.07, 6.45) is 3.05. The number of halogens is 2. The first-order chi connectivity index (χ1) is 14.6. The Bertz CT molecular complexity index is 1050. The third-order valence-corrected chi connectivity index (χ3v) is 5.28. The largest absolute Gasteiger partial charge is 0.457 e. The van der Waals surface area contributed by atoms with Crippen molar-refractivity contribution in [2.75, 3.05) is 36.5 Å². The number of hydrogen-bond acceptors (Lipinski definition) is 4.